The van der Waals surface area contributed by atoms with E-state index in [0.29, 0.717) is 24.3 Å². The molecule has 1 saturated heterocycles. The first-order valence-corrected chi connectivity index (χ1v) is 9.65. The zero-order valence-corrected chi connectivity index (χ0v) is 15.5. The van der Waals surface area contributed by atoms with Gasteiger partial charge in [-0.25, -0.2) is 9.67 Å². The first-order valence-electron chi connectivity index (χ1n) is 8.83. The number of hydrogen-bond donors (Lipinski definition) is 0. The minimum atomic E-state index is 0.352. The molecule has 1 aliphatic carbocycles. The zero-order valence-electron chi connectivity index (χ0n) is 14.7. The largest absolute Gasteiger partial charge is 0.351 e. The first kappa shape index (κ1) is 15.9. The molecule has 3 heterocycles. The van der Waals surface area contributed by atoms with Gasteiger partial charge in [-0.2, -0.15) is 5.10 Å². The second-order valence-electron chi connectivity index (χ2n) is 7.29. The summed E-state index contributed by atoms with van der Waals surface area (Å²) in [4.78, 5) is 21.5. The third-order valence-corrected chi connectivity index (χ3v) is 6.66. The van der Waals surface area contributed by atoms with Crippen LogP contribution in [0.1, 0.15) is 37.8 Å². The van der Waals surface area contributed by atoms with Gasteiger partial charge in [0.2, 0.25) is 5.91 Å². The second kappa shape index (κ2) is 6.02. The monoisotopic (exact) mass is 347 g/mol. The highest BCUT2D eigenvalue weighted by Crippen LogP contribution is 2.33. The van der Waals surface area contributed by atoms with E-state index in [1.165, 1.54) is 25.7 Å². The molecule has 1 saturated carbocycles. The molecule has 1 aliphatic heterocycles. The molecule has 2 aliphatic rings. The minimum Gasteiger partial charge on any atom is -0.351 e. The number of fused-ring (bicyclic) bond motifs is 1. The molecule has 7 heteroatoms. The molecule has 2 aromatic heterocycles. The molecule has 0 N–H and O–H groups in total. The summed E-state index contributed by atoms with van der Waals surface area (Å²) in [7, 11) is 4.02. The standard InChI is InChI=1S/C17H25N5OS/c1-11-15-16(21(3)19-11)18-17(24-15)20(2)9-12-8-14(23)22(10-12)13-6-4-5-7-13/h12-13H,4-10H2,1-3H3. The molecule has 24 heavy (non-hydrogen) atoms. The average Bonchev–Trinajstić information content (AvgIpc) is 3.27. The van der Waals surface area contributed by atoms with Crippen LogP contribution in [0.15, 0.2) is 0 Å². The lowest BCUT2D eigenvalue weighted by Crippen LogP contribution is -2.35. The molecule has 1 unspecified atom stereocenters. The molecular formula is C17H25N5OS. The summed E-state index contributed by atoms with van der Waals surface area (Å²) in [5.41, 5.74) is 1.99. The van der Waals surface area contributed by atoms with Gasteiger partial charge in [-0.05, 0) is 19.8 Å². The van der Waals surface area contributed by atoms with Crippen molar-refractivity contribution in [2.75, 3.05) is 25.0 Å². The molecule has 0 aromatic carbocycles. The average molecular weight is 347 g/mol. The SMILES string of the molecule is Cc1nn(C)c2nc(N(C)CC3CC(=O)N(C4CCCC4)C3)sc12. The maximum atomic E-state index is 12.4. The number of thiazole rings is 1. The van der Waals surface area contributed by atoms with Crippen molar-refractivity contribution < 1.29 is 4.79 Å². The summed E-state index contributed by atoms with van der Waals surface area (Å²) >= 11 is 1.70. The van der Waals surface area contributed by atoms with Crippen LogP contribution in [0.4, 0.5) is 5.13 Å². The van der Waals surface area contributed by atoms with Gasteiger partial charge in [0.1, 0.15) is 0 Å². The fraction of sp³-hybridized carbons (Fsp3) is 0.706. The van der Waals surface area contributed by atoms with E-state index >= 15 is 0 Å². The molecule has 1 atom stereocenters. The summed E-state index contributed by atoms with van der Waals surface area (Å²) < 4.78 is 3.01. The molecule has 0 radical (unpaired) electrons. The van der Waals surface area contributed by atoms with Crippen LogP contribution in [0.2, 0.25) is 0 Å². The van der Waals surface area contributed by atoms with Gasteiger partial charge in [0.05, 0.1) is 10.4 Å². The Kier molecular flexibility index (Phi) is 3.98. The van der Waals surface area contributed by atoms with Crippen molar-refractivity contribution in [1.82, 2.24) is 19.7 Å². The van der Waals surface area contributed by atoms with Crippen LogP contribution in [0.25, 0.3) is 10.3 Å². The highest BCUT2D eigenvalue weighted by Gasteiger charge is 2.36. The fourth-order valence-electron chi connectivity index (χ4n) is 4.20. The summed E-state index contributed by atoms with van der Waals surface area (Å²) in [6, 6.07) is 0.504. The van der Waals surface area contributed by atoms with Crippen LogP contribution in [-0.2, 0) is 11.8 Å². The predicted molar refractivity (Wildman–Crippen MR) is 96.5 cm³/mol. The van der Waals surface area contributed by atoms with Gasteiger partial charge < -0.3 is 9.80 Å². The highest BCUT2D eigenvalue weighted by atomic mass is 32.1. The van der Waals surface area contributed by atoms with Gasteiger partial charge in [0, 0.05) is 45.6 Å². The van der Waals surface area contributed by atoms with Gasteiger partial charge in [0.15, 0.2) is 10.8 Å². The van der Waals surface area contributed by atoms with E-state index in [1.807, 2.05) is 18.7 Å². The summed E-state index contributed by atoms with van der Waals surface area (Å²) in [5, 5.41) is 5.43. The summed E-state index contributed by atoms with van der Waals surface area (Å²) in [5.74, 6) is 0.763. The maximum absolute atomic E-state index is 12.4. The van der Waals surface area contributed by atoms with Gasteiger partial charge in [-0.3, -0.25) is 4.79 Å². The van der Waals surface area contributed by atoms with Crippen LogP contribution in [0.5, 0.6) is 0 Å². The number of aryl methyl sites for hydroxylation is 2. The lowest BCUT2D eigenvalue weighted by Gasteiger charge is -2.25. The quantitative estimate of drug-likeness (QED) is 0.853. The molecule has 6 nitrogen and oxygen atoms in total. The van der Waals surface area contributed by atoms with E-state index in [2.05, 4.69) is 21.9 Å². The van der Waals surface area contributed by atoms with E-state index in [4.69, 9.17) is 4.98 Å². The van der Waals surface area contributed by atoms with Gasteiger partial charge in [-0.15, -0.1) is 0 Å². The Hall–Kier alpha value is -1.63. The third-order valence-electron chi connectivity index (χ3n) is 5.40. The van der Waals surface area contributed by atoms with Crippen molar-refractivity contribution in [3.05, 3.63) is 5.69 Å². The van der Waals surface area contributed by atoms with Crippen molar-refractivity contribution in [2.45, 2.75) is 45.1 Å². The molecule has 4 rings (SSSR count). The van der Waals surface area contributed by atoms with Crippen molar-refractivity contribution in [3.63, 3.8) is 0 Å². The lowest BCUT2D eigenvalue weighted by molar-refractivity contribution is -0.129. The van der Waals surface area contributed by atoms with Crippen molar-refractivity contribution in [1.29, 1.82) is 0 Å². The van der Waals surface area contributed by atoms with Crippen molar-refractivity contribution in [2.24, 2.45) is 13.0 Å². The number of hydrogen-bond acceptors (Lipinski definition) is 5. The van der Waals surface area contributed by atoms with Crippen LogP contribution in [-0.4, -0.2) is 51.8 Å². The molecule has 2 fully saturated rings. The number of carbonyl (C=O) groups is 1. The molecule has 0 bridgehead atoms. The second-order valence-corrected chi connectivity index (χ2v) is 8.27. The van der Waals surface area contributed by atoms with Crippen LogP contribution >= 0.6 is 11.3 Å². The normalized spacial score (nSPS) is 22.2. The van der Waals surface area contributed by atoms with E-state index < -0.39 is 0 Å². The highest BCUT2D eigenvalue weighted by molar-refractivity contribution is 7.22. The topological polar surface area (TPSA) is 54.3 Å². The number of anilines is 1. The fourth-order valence-corrected chi connectivity index (χ4v) is 5.20. The number of aromatic nitrogens is 3. The number of rotatable bonds is 4. The first-order chi connectivity index (χ1) is 11.5. The lowest BCUT2D eigenvalue weighted by atomic mass is 10.1. The molecular weight excluding hydrogens is 322 g/mol. The Balaban J connectivity index is 1.44. The Morgan fingerprint density at radius 1 is 1.33 bits per heavy atom. The predicted octanol–water partition coefficient (Wildman–Crippen LogP) is 2.57. The number of likely N-dealkylation sites (tertiary alicyclic amines) is 1. The summed E-state index contributed by atoms with van der Waals surface area (Å²) in [6.07, 6.45) is 5.62. The zero-order chi connectivity index (χ0) is 16.8. The van der Waals surface area contributed by atoms with E-state index in [-0.39, 0.29) is 0 Å². The van der Waals surface area contributed by atoms with E-state index in [9.17, 15) is 4.79 Å². The van der Waals surface area contributed by atoms with Crippen molar-refractivity contribution >= 4 is 32.7 Å². The van der Waals surface area contributed by atoms with E-state index in [1.54, 1.807) is 11.3 Å². The van der Waals surface area contributed by atoms with Crippen LogP contribution < -0.4 is 4.90 Å². The van der Waals surface area contributed by atoms with Gasteiger partial charge >= 0.3 is 0 Å². The molecule has 130 valence electrons. The maximum Gasteiger partial charge on any atom is 0.223 e. The number of amides is 1. The molecule has 1 amide bonds. The molecule has 2 aromatic rings. The third kappa shape index (κ3) is 2.68. The smallest absolute Gasteiger partial charge is 0.223 e. The van der Waals surface area contributed by atoms with Crippen LogP contribution in [0, 0.1) is 12.8 Å². The van der Waals surface area contributed by atoms with Gasteiger partial charge in [-0.1, -0.05) is 24.2 Å². The van der Waals surface area contributed by atoms with E-state index in [0.717, 1.165) is 34.3 Å². The Morgan fingerprint density at radius 3 is 2.79 bits per heavy atom. The Labute approximate surface area is 146 Å². The Morgan fingerprint density at radius 2 is 2.08 bits per heavy atom. The Bertz CT molecular complexity index is 726. The number of carbonyl (C=O) groups excluding carboxylic acids is 1. The summed E-state index contributed by atoms with van der Waals surface area (Å²) in [6.45, 7) is 3.83. The van der Waals surface area contributed by atoms with Crippen LogP contribution in [0.3, 0.4) is 0 Å². The minimum absolute atomic E-state index is 0.352. The van der Waals surface area contributed by atoms with Gasteiger partial charge in [0.25, 0.3) is 0 Å². The van der Waals surface area contributed by atoms with Crippen molar-refractivity contribution in [3.8, 4) is 0 Å². The molecule has 0 spiro atoms. The number of nitrogens with zero attached hydrogens (tertiary/aromatic N) is 5.